The molecule has 1 aromatic rings. The minimum absolute atomic E-state index is 0.402. The molecule has 2 rings (SSSR count). The first kappa shape index (κ1) is 14.7. The van der Waals surface area contributed by atoms with Gasteiger partial charge in [-0.15, -0.1) is 0 Å². The van der Waals surface area contributed by atoms with Crippen molar-refractivity contribution >= 4 is 6.08 Å². The third-order valence-electron chi connectivity index (χ3n) is 4.09. The maximum absolute atomic E-state index is 10.5. The Morgan fingerprint density at radius 1 is 1.25 bits per heavy atom. The molecule has 20 heavy (non-hydrogen) atoms. The van der Waals surface area contributed by atoms with Crippen molar-refractivity contribution in [3.8, 4) is 5.75 Å². The normalized spacial score (nSPS) is 21.6. The van der Waals surface area contributed by atoms with Crippen LogP contribution in [0.25, 0.3) is 6.08 Å². The molecule has 108 valence electrons. The van der Waals surface area contributed by atoms with Crippen molar-refractivity contribution in [2.45, 2.75) is 33.6 Å². The first-order valence-electron chi connectivity index (χ1n) is 7.31. The van der Waals surface area contributed by atoms with Crippen LogP contribution in [0.5, 0.6) is 5.75 Å². The minimum atomic E-state index is 0.402. The lowest BCUT2D eigenvalue weighted by Crippen LogP contribution is -2.14. The molecule has 1 atom stereocenters. The first-order chi connectivity index (χ1) is 9.52. The molecule has 0 amide bonds. The van der Waals surface area contributed by atoms with Crippen LogP contribution >= 0.6 is 0 Å². The topological polar surface area (TPSA) is 29.5 Å². The molecule has 1 aliphatic rings. The zero-order chi connectivity index (χ0) is 14.7. The molecule has 0 unspecified atom stereocenters. The van der Waals surface area contributed by atoms with E-state index in [1.165, 1.54) is 5.57 Å². The van der Waals surface area contributed by atoms with Crippen molar-refractivity contribution in [2.24, 2.45) is 11.8 Å². The summed E-state index contributed by atoms with van der Waals surface area (Å²) in [5.41, 5.74) is 3.34. The zero-order valence-corrected chi connectivity index (χ0v) is 12.8. The molecule has 1 N–H and O–H groups in total. The molecule has 0 saturated carbocycles. The van der Waals surface area contributed by atoms with E-state index in [1.54, 1.807) is 7.11 Å². The lowest BCUT2D eigenvalue weighted by atomic mass is 9.80. The van der Waals surface area contributed by atoms with Crippen LogP contribution in [-0.2, 0) is 0 Å². The monoisotopic (exact) mass is 272 g/mol. The van der Waals surface area contributed by atoms with Gasteiger partial charge in [0.15, 0.2) is 0 Å². The summed E-state index contributed by atoms with van der Waals surface area (Å²) in [6.45, 7) is 6.47. The molecule has 0 fully saturated rings. The van der Waals surface area contributed by atoms with Crippen molar-refractivity contribution in [1.29, 1.82) is 0 Å². The largest absolute Gasteiger partial charge is 0.508 e. The fourth-order valence-corrected chi connectivity index (χ4v) is 2.72. The maximum atomic E-state index is 10.5. The van der Waals surface area contributed by atoms with Gasteiger partial charge in [0.1, 0.15) is 11.5 Å². The third-order valence-corrected chi connectivity index (χ3v) is 4.09. The lowest BCUT2D eigenvalue weighted by molar-refractivity contribution is 0.367. The molecule has 0 radical (unpaired) electrons. The highest BCUT2D eigenvalue weighted by Gasteiger charge is 2.24. The summed E-state index contributed by atoms with van der Waals surface area (Å²) in [6, 6.07) is 7.94. The van der Waals surface area contributed by atoms with Crippen molar-refractivity contribution in [1.82, 2.24) is 0 Å². The van der Waals surface area contributed by atoms with E-state index >= 15 is 0 Å². The Bertz CT molecular complexity index is 521. The standard InChI is InChI=1S/C18H24O2/c1-12(2)16-10-5-13(3)17(18(16)19)11-14-6-8-15(20-4)9-7-14/h6-9,11-13,19H,5,10H2,1-4H3/b17-11-/t13-/m0/s1. The summed E-state index contributed by atoms with van der Waals surface area (Å²) >= 11 is 0. The van der Waals surface area contributed by atoms with E-state index in [0.29, 0.717) is 17.6 Å². The molecule has 0 aliphatic heterocycles. The molecule has 1 aromatic carbocycles. The van der Waals surface area contributed by atoms with Gasteiger partial charge >= 0.3 is 0 Å². The Labute approximate surface area is 121 Å². The van der Waals surface area contributed by atoms with Gasteiger partial charge in [0.2, 0.25) is 0 Å². The Morgan fingerprint density at radius 3 is 2.45 bits per heavy atom. The van der Waals surface area contributed by atoms with Crippen LogP contribution in [0.2, 0.25) is 0 Å². The van der Waals surface area contributed by atoms with Crippen LogP contribution in [0.4, 0.5) is 0 Å². The SMILES string of the molecule is COc1ccc(/C=C2\C(O)=C(C(C)C)CC[C@@H]2C)cc1. The molecule has 0 heterocycles. The van der Waals surface area contributed by atoms with Gasteiger partial charge in [-0.1, -0.05) is 32.9 Å². The lowest BCUT2D eigenvalue weighted by Gasteiger charge is -2.26. The first-order valence-corrected chi connectivity index (χ1v) is 7.31. The summed E-state index contributed by atoms with van der Waals surface area (Å²) in [5.74, 6) is 2.17. The van der Waals surface area contributed by atoms with Crippen LogP contribution in [0.3, 0.4) is 0 Å². The number of benzene rings is 1. The van der Waals surface area contributed by atoms with E-state index in [4.69, 9.17) is 4.74 Å². The van der Waals surface area contributed by atoms with E-state index in [-0.39, 0.29) is 0 Å². The van der Waals surface area contributed by atoms with Crippen LogP contribution in [0, 0.1) is 11.8 Å². The summed E-state index contributed by atoms with van der Waals surface area (Å²) in [4.78, 5) is 0. The van der Waals surface area contributed by atoms with Crippen LogP contribution in [0.15, 0.2) is 41.2 Å². The average Bonchev–Trinajstić information content (AvgIpc) is 2.43. The molecule has 0 aromatic heterocycles. The zero-order valence-electron chi connectivity index (χ0n) is 12.8. The Morgan fingerprint density at radius 2 is 1.90 bits per heavy atom. The number of hydrogen-bond acceptors (Lipinski definition) is 2. The number of allylic oxidation sites excluding steroid dienone is 2. The Kier molecular flexibility index (Phi) is 4.53. The van der Waals surface area contributed by atoms with Crippen LogP contribution in [-0.4, -0.2) is 12.2 Å². The van der Waals surface area contributed by atoms with Crippen LogP contribution < -0.4 is 4.74 Å². The van der Waals surface area contributed by atoms with Crippen molar-refractivity contribution in [2.75, 3.05) is 7.11 Å². The molecule has 2 heteroatoms. The second kappa shape index (κ2) is 6.17. The fourth-order valence-electron chi connectivity index (χ4n) is 2.72. The summed E-state index contributed by atoms with van der Waals surface area (Å²) in [5, 5.41) is 10.5. The van der Waals surface area contributed by atoms with E-state index in [1.807, 2.05) is 24.3 Å². The molecule has 1 aliphatic carbocycles. The average molecular weight is 272 g/mol. The highest BCUT2D eigenvalue weighted by Crippen LogP contribution is 2.37. The van der Waals surface area contributed by atoms with Gasteiger partial charge in [-0.2, -0.15) is 0 Å². The van der Waals surface area contributed by atoms with Crippen molar-refractivity contribution in [3.63, 3.8) is 0 Å². The third kappa shape index (κ3) is 3.06. The predicted molar refractivity (Wildman–Crippen MR) is 83.9 cm³/mol. The van der Waals surface area contributed by atoms with Gasteiger partial charge in [-0.3, -0.25) is 0 Å². The van der Waals surface area contributed by atoms with Gasteiger partial charge in [0.05, 0.1) is 7.11 Å². The van der Waals surface area contributed by atoms with Gasteiger partial charge in [-0.25, -0.2) is 0 Å². The Hall–Kier alpha value is -1.70. The van der Waals surface area contributed by atoms with Crippen molar-refractivity contribution < 1.29 is 9.84 Å². The number of hydrogen-bond donors (Lipinski definition) is 1. The summed E-state index contributed by atoms with van der Waals surface area (Å²) in [6.07, 6.45) is 4.21. The van der Waals surface area contributed by atoms with E-state index in [2.05, 4.69) is 26.8 Å². The van der Waals surface area contributed by atoms with Gasteiger partial charge in [0, 0.05) is 0 Å². The van der Waals surface area contributed by atoms with Gasteiger partial charge < -0.3 is 9.84 Å². The fraction of sp³-hybridized carbons (Fsp3) is 0.444. The predicted octanol–water partition coefficient (Wildman–Crippen LogP) is 4.98. The van der Waals surface area contributed by atoms with Gasteiger partial charge in [-0.05, 0) is 59.6 Å². The molecule has 0 bridgehead atoms. The second-order valence-electron chi connectivity index (χ2n) is 5.84. The highest BCUT2D eigenvalue weighted by molar-refractivity contribution is 5.60. The molecule has 0 saturated heterocycles. The second-order valence-corrected chi connectivity index (χ2v) is 5.84. The molecular weight excluding hydrogens is 248 g/mol. The quantitative estimate of drug-likeness (QED) is 0.841. The van der Waals surface area contributed by atoms with Gasteiger partial charge in [0.25, 0.3) is 0 Å². The van der Waals surface area contributed by atoms with E-state index in [0.717, 1.165) is 29.7 Å². The molecule has 2 nitrogen and oxygen atoms in total. The number of aliphatic hydroxyl groups is 1. The number of ether oxygens (including phenoxy) is 1. The number of methoxy groups -OCH3 is 1. The smallest absolute Gasteiger partial charge is 0.118 e. The summed E-state index contributed by atoms with van der Waals surface area (Å²) < 4.78 is 5.17. The molecule has 0 spiro atoms. The molecular formula is C18H24O2. The maximum Gasteiger partial charge on any atom is 0.118 e. The van der Waals surface area contributed by atoms with E-state index in [9.17, 15) is 5.11 Å². The van der Waals surface area contributed by atoms with Crippen molar-refractivity contribution in [3.05, 3.63) is 46.7 Å². The summed E-state index contributed by atoms with van der Waals surface area (Å²) in [7, 11) is 1.67. The van der Waals surface area contributed by atoms with E-state index < -0.39 is 0 Å². The highest BCUT2D eigenvalue weighted by atomic mass is 16.5. The number of rotatable bonds is 3. The van der Waals surface area contributed by atoms with Crippen LogP contribution in [0.1, 0.15) is 39.2 Å². The number of aliphatic hydroxyl groups excluding tert-OH is 1. The minimum Gasteiger partial charge on any atom is -0.508 e. The Balaban J connectivity index is 2.36.